The summed E-state index contributed by atoms with van der Waals surface area (Å²) in [6, 6.07) is 0.670. The quantitative estimate of drug-likeness (QED) is 0.640. The molecule has 0 N–H and O–H groups in total. The van der Waals surface area contributed by atoms with Gasteiger partial charge >= 0.3 is 0 Å². The lowest BCUT2D eigenvalue weighted by atomic mass is 10.1. The van der Waals surface area contributed by atoms with Gasteiger partial charge in [0.1, 0.15) is 0 Å². The minimum absolute atomic E-state index is 0.670. The number of halogens is 1. The van der Waals surface area contributed by atoms with E-state index in [9.17, 15) is 0 Å². The zero-order valence-corrected chi connectivity index (χ0v) is 10.4. The first-order valence-corrected chi connectivity index (χ1v) is 6.00. The molecule has 0 aromatic rings. The van der Waals surface area contributed by atoms with Gasteiger partial charge in [0.2, 0.25) is 0 Å². The normalized spacial score (nSPS) is 14.2. The van der Waals surface area contributed by atoms with Gasteiger partial charge in [-0.05, 0) is 33.2 Å². The van der Waals surface area contributed by atoms with Crippen molar-refractivity contribution in [2.75, 3.05) is 18.9 Å². The van der Waals surface area contributed by atoms with Crippen LogP contribution in [0.1, 0.15) is 33.6 Å². The van der Waals surface area contributed by atoms with E-state index in [1.165, 1.54) is 19.4 Å². The summed E-state index contributed by atoms with van der Waals surface area (Å²) in [5.74, 6) is 0.822. The third-order valence-corrected chi connectivity index (χ3v) is 3.26. The fourth-order valence-corrected chi connectivity index (χ4v) is 1.77. The Kier molecular flexibility index (Phi) is 7.16. The Balaban J connectivity index is 3.68. The van der Waals surface area contributed by atoms with Crippen molar-refractivity contribution in [3.63, 3.8) is 0 Å². The van der Waals surface area contributed by atoms with Gasteiger partial charge in [-0.25, -0.2) is 0 Å². The van der Waals surface area contributed by atoms with Crippen LogP contribution in [0.25, 0.3) is 0 Å². The number of rotatable bonds is 6. The van der Waals surface area contributed by atoms with Gasteiger partial charge < -0.3 is 4.90 Å². The van der Waals surface area contributed by atoms with E-state index in [2.05, 4.69) is 48.6 Å². The van der Waals surface area contributed by atoms with Gasteiger partial charge in [0.25, 0.3) is 0 Å². The first-order chi connectivity index (χ1) is 5.61. The number of alkyl halides is 1. The van der Waals surface area contributed by atoms with E-state index >= 15 is 0 Å². The molecule has 0 aliphatic carbocycles. The van der Waals surface area contributed by atoms with E-state index in [0.717, 1.165) is 11.2 Å². The zero-order chi connectivity index (χ0) is 9.56. The second-order valence-electron chi connectivity index (χ2n) is 3.84. The smallest absolute Gasteiger partial charge is 0.00718 e. The Morgan fingerprint density at radius 3 is 2.25 bits per heavy atom. The lowest BCUT2D eigenvalue weighted by molar-refractivity contribution is 0.234. The van der Waals surface area contributed by atoms with Crippen LogP contribution in [-0.4, -0.2) is 29.9 Å². The van der Waals surface area contributed by atoms with Crippen LogP contribution in [0.3, 0.4) is 0 Å². The largest absolute Gasteiger partial charge is 0.304 e. The molecule has 0 rings (SSSR count). The summed E-state index contributed by atoms with van der Waals surface area (Å²) in [4.78, 5) is 2.42. The molecule has 0 amide bonds. The molecule has 2 heteroatoms. The molecule has 0 aromatic heterocycles. The van der Waals surface area contributed by atoms with Crippen LogP contribution in [0, 0.1) is 5.92 Å². The highest BCUT2D eigenvalue weighted by Gasteiger charge is 2.10. The third-order valence-electron chi connectivity index (χ3n) is 2.34. The molecule has 0 bridgehead atoms. The number of hydrogen-bond donors (Lipinski definition) is 0. The molecular formula is C10H22BrN. The predicted octanol–water partition coefficient (Wildman–Crippen LogP) is 3.14. The molecule has 12 heavy (non-hydrogen) atoms. The van der Waals surface area contributed by atoms with Crippen LogP contribution in [-0.2, 0) is 0 Å². The first kappa shape index (κ1) is 12.4. The molecule has 0 saturated carbocycles. The number of nitrogens with zero attached hydrogens (tertiary/aromatic N) is 1. The van der Waals surface area contributed by atoms with Crippen molar-refractivity contribution >= 4 is 15.9 Å². The molecule has 0 heterocycles. The average Bonchev–Trinajstić information content (AvgIpc) is 2.03. The fraction of sp³-hybridized carbons (Fsp3) is 1.00. The standard InChI is InChI=1S/C10H22BrN/c1-5-6-10(7-11)8-12(4)9(2)3/h9-10H,5-8H2,1-4H3. The minimum Gasteiger partial charge on any atom is -0.304 e. The average molecular weight is 236 g/mol. The lowest BCUT2D eigenvalue weighted by Gasteiger charge is -2.25. The summed E-state index contributed by atoms with van der Waals surface area (Å²) in [6.07, 6.45) is 2.63. The van der Waals surface area contributed by atoms with Gasteiger partial charge in [-0.3, -0.25) is 0 Å². The van der Waals surface area contributed by atoms with Crippen molar-refractivity contribution in [1.29, 1.82) is 0 Å². The van der Waals surface area contributed by atoms with Crippen molar-refractivity contribution in [3.8, 4) is 0 Å². The second kappa shape index (κ2) is 6.90. The van der Waals surface area contributed by atoms with E-state index < -0.39 is 0 Å². The highest BCUT2D eigenvalue weighted by Crippen LogP contribution is 2.12. The van der Waals surface area contributed by atoms with E-state index in [-0.39, 0.29) is 0 Å². The van der Waals surface area contributed by atoms with E-state index in [4.69, 9.17) is 0 Å². The van der Waals surface area contributed by atoms with Gasteiger partial charge in [0, 0.05) is 17.9 Å². The molecule has 0 aliphatic rings. The summed E-state index contributed by atoms with van der Waals surface area (Å²) in [5, 5.41) is 1.14. The van der Waals surface area contributed by atoms with Gasteiger partial charge in [-0.15, -0.1) is 0 Å². The van der Waals surface area contributed by atoms with Crippen molar-refractivity contribution in [2.24, 2.45) is 5.92 Å². The summed E-state index contributed by atoms with van der Waals surface area (Å²) in [5.41, 5.74) is 0. The third kappa shape index (κ3) is 5.15. The highest BCUT2D eigenvalue weighted by molar-refractivity contribution is 9.09. The molecule has 0 aromatic carbocycles. The second-order valence-corrected chi connectivity index (χ2v) is 4.49. The topological polar surface area (TPSA) is 3.24 Å². The zero-order valence-electron chi connectivity index (χ0n) is 8.81. The Morgan fingerprint density at radius 2 is 1.92 bits per heavy atom. The maximum atomic E-state index is 3.57. The van der Waals surface area contributed by atoms with E-state index in [1.807, 2.05) is 0 Å². The lowest BCUT2D eigenvalue weighted by Crippen LogP contribution is -2.32. The Bertz CT molecular complexity index is 104. The van der Waals surface area contributed by atoms with E-state index in [1.54, 1.807) is 0 Å². The van der Waals surface area contributed by atoms with Crippen LogP contribution in [0.15, 0.2) is 0 Å². The molecule has 0 radical (unpaired) electrons. The summed E-state index contributed by atoms with van der Waals surface area (Å²) < 4.78 is 0. The maximum absolute atomic E-state index is 3.57. The first-order valence-electron chi connectivity index (χ1n) is 4.88. The van der Waals surface area contributed by atoms with Crippen LogP contribution in [0.5, 0.6) is 0 Å². The summed E-state index contributed by atoms with van der Waals surface area (Å²) in [7, 11) is 2.20. The van der Waals surface area contributed by atoms with Crippen LogP contribution < -0.4 is 0 Å². The van der Waals surface area contributed by atoms with Crippen molar-refractivity contribution in [3.05, 3.63) is 0 Å². The molecule has 1 nitrogen and oxygen atoms in total. The molecule has 1 unspecified atom stereocenters. The molecular weight excluding hydrogens is 214 g/mol. The van der Waals surface area contributed by atoms with Crippen molar-refractivity contribution < 1.29 is 0 Å². The van der Waals surface area contributed by atoms with Crippen molar-refractivity contribution in [2.45, 2.75) is 39.7 Å². The molecule has 1 atom stereocenters. The Hall–Kier alpha value is 0.440. The SMILES string of the molecule is CCCC(CBr)CN(C)C(C)C. The van der Waals surface area contributed by atoms with Gasteiger partial charge in [0.05, 0.1) is 0 Å². The predicted molar refractivity (Wildman–Crippen MR) is 60.0 cm³/mol. The van der Waals surface area contributed by atoms with Gasteiger partial charge in [0.15, 0.2) is 0 Å². The summed E-state index contributed by atoms with van der Waals surface area (Å²) >= 11 is 3.57. The summed E-state index contributed by atoms with van der Waals surface area (Å²) in [6.45, 7) is 7.97. The molecule has 0 aliphatic heterocycles. The van der Waals surface area contributed by atoms with Gasteiger partial charge in [-0.1, -0.05) is 29.3 Å². The van der Waals surface area contributed by atoms with Crippen LogP contribution in [0.4, 0.5) is 0 Å². The molecule has 0 spiro atoms. The minimum atomic E-state index is 0.670. The van der Waals surface area contributed by atoms with Crippen LogP contribution in [0.2, 0.25) is 0 Å². The van der Waals surface area contributed by atoms with Crippen LogP contribution >= 0.6 is 15.9 Å². The van der Waals surface area contributed by atoms with Crippen molar-refractivity contribution in [1.82, 2.24) is 4.90 Å². The molecule has 0 saturated heterocycles. The monoisotopic (exact) mass is 235 g/mol. The Morgan fingerprint density at radius 1 is 1.33 bits per heavy atom. The molecule has 0 fully saturated rings. The maximum Gasteiger partial charge on any atom is 0.00718 e. The Labute approximate surface area is 85.7 Å². The van der Waals surface area contributed by atoms with E-state index in [0.29, 0.717) is 6.04 Å². The van der Waals surface area contributed by atoms with Gasteiger partial charge in [-0.2, -0.15) is 0 Å². The fourth-order valence-electron chi connectivity index (χ4n) is 1.24. The number of hydrogen-bond acceptors (Lipinski definition) is 1. The highest BCUT2D eigenvalue weighted by atomic mass is 79.9. The molecule has 74 valence electrons.